The van der Waals surface area contributed by atoms with E-state index in [-0.39, 0.29) is 17.5 Å². The van der Waals surface area contributed by atoms with Gasteiger partial charge in [-0.15, -0.1) is 0 Å². The van der Waals surface area contributed by atoms with Crippen molar-refractivity contribution in [3.05, 3.63) is 102 Å². The minimum atomic E-state index is -4.57. The first-order chi connectivity index (χ1) is 14.3. The topological polar surface area (TPSA) is 86.7 Å². The maximum Gasteiger partial charge on any atom is 0.217 e. The first kappa shape index (κ1) is 23.7. The number of benzene rings is 3. The molecular weight excluding hydrogens is 420 g/mol. The van der Waals surface area contributed by atoms with E-state index in [1.165, 1.54) is 10.5 Å². The number of rotatable bonds is 7. The average Bonchev–Trinajstić information content (AvgIpc) is 2.74. The van der Waals surface area contributed by atoms with Crippen molar-refractivity contribution in [3.8, 4) is 5.75 Å². The van der Waals surface area contributed by atoms with Crippen LogP contribution in [0.4, 0.5) is 0 Å². The first-order valence-electron chi connectivity index (χ1n) is 9.11. The van der Waals surface area contributed by atoms with Crippen LogP contribution in [0.15, 0.2) is 95.9 Å². The van der Waals surface area contributed by atoms with Gasteiger partial charge in [-0.3, -0.25) is 4.18 Å². The summed E-state index contributed by atoms with van der Waals surface area (Å²) in [6.07, 6.45) is 6.59. The zero-order valence-electron chi connectivity index (χ0n) is 16.5. The molecule has 3 rings (SSSR count). The van der Waals surface area contributed by atoms with Crippen LogP contribution in [0.25, 0.3) is 6.08 Å². The molecule has 1 unspecified atom stereocenters. The van der Waals surface area contributed by atoms with E-state index < -0.39 is 10.4 Å². The van der Waals surface area contributed by atoms with Crippen molar-refractivity contribution in [2.24, 2.45) is 0 Å². The standard InChI is InChI=1S/C16H16OS.C7H8O4S/c1-18(16-11-9-15(17)10-12-16)13-5-8-14-6-3-2-4-7-14;8-12(9,10)11-6-7-4-2-1-3-5-7/h2-12H,13H2,1H3;1-5H,6H2,(H,8,9,10)/b8-5+;. The van der Waals surface area contributed by atoms with E-state index in [4.69, 9.17) is 0 Å². The van der Waals surface area contributed by atoms with Crippen LogP contribution in [0.1, 0.15) is 11.1 Å². The van der Waals surface area contributed by atoms with Crippen LogP contribution in [0.5, 0.6) is 5.75 Å². The van der Waals surface area contributed by atoms with Crippen molar-refractivity contribution in [2.45, 2.75) is 11.5 Å². The van der Waals surface area contributed by atoms with Crippen molar-refractivity contribution in [3.63, 3.8) is 0 Å². The Morgan fingerprint density at radius 2 is 1.50 bits per heavy atom. The fourth-order valence-electron chi connectivity index (χ4n) is 2.38. The first-order valence-corrected chi connectivity index (χ1v) is 12.2. The lowest BCUT2D eigenvalue weighted by atomic mass is 10.2. The van der Waals surface area contributed by atoms with E-state index in [9.17, 15) is 18.1 Å². The number of hydrogen-bond donors (Lipinski definition) is 1. The highest BCUT2D eigenvalue weighted by Gasteiger charge is 2.12. The molecule has 0 aromatic heterocycles. The molecular formula is C23H24O5S2. The number of aromatic hydroxyl groups is 1. The Labute approximate surface area is 181 Å². The van der Waals surface area contributed by atoms with Crippen LogP contribution in [0.3, 0.4) is 0 Å². The molecule has 0 saturated heterocycles. The largest absolute Gasteiger partial charge is 0.726 e. The third kappa shape index (κ3) is 9.76. The molecule has 0 aliphatic heterocycles. The normalized spacial score (nSPS) is 12.2. The maximum absolute atomic E-state index is 10.0. The van der Waals surface area contributed by atoms with Gasteiger partial charge in [0.1, 0.15) is 17.8 Å². The van der Waals surface area contributed by atoms with Crippen molar-refractivity contribution < 1.29 is 22.3 Å². The highest BCUT2D eigenvalue weighted by molar-refractivity contribution is 7.96. The molecule has 3 aromatic carbocycles. The summed E-state index contributed by atoms with van der Waals surface area (Å²) in [5, 5.41) is 9.25. The predicted octanol–water partition coefficient (Wildman–Crippen LogP) is 4.38. The van der Waals surface area contributed by atoms with Crippen molar-refractivity contribution >= 4 is 27.4 Å². The molecule has 0 aliphatic carbocycles. The molecule has 0 amide bonds. The van der Waals surface area contributed by atoms with Gasteiger partial charge in [0.05, 0.1) is 6.61 Å². The molecule has 0 bridgehead atoms. The fourth-order valence-corrected chi connectivity index (χ4v) is 3.84. The number of phenolic OH excluding ortho intramolecular Hbond substituents is 1. The predicted molar refractivity (Wildman–Crippen MR) is 121 cm³/mol. The Morgan fingerprint density at radius 3 is 2.07 bits per heavy atom. The number of hydrogen-bond acceptors (Lipinski definition) is 5. The van der Waals surface area contributed by atoms with Gasteiger partial charge in [0.25, 0.3) is 0 Å². The summed E-state index contributed by atoms with van der Waals surface area (Å²) in [5.41, 5.74) is 1.89. The van der Waals surface area contributed by atoms with Crippen LogP contribution in [-0.2, 0) is 32.1 Å². The monoisotopic (exact) mass is 444 g/mol. The molecule has 1 atom stereocenters. The molecule has 1 N–H and O–H groups in total. The Morgan fingerprint density at radius 1 is 0.933 bits per heavy atom. The zero-order valence-corrected chi connectivity index (χ0v) is 18.2. The Bertz CT molecular complexity index is 1000. The summed E-state index contributed by atoms with van der Waals surface area (Å²) in [4.78, 5) is 1.28. The third-order valence-electron chi connectivity index (χ3n) is 3.91. The molecule has 158 valence electrons. The van der Waals surface area contributed by atoms with E-state index in [2.05, 4.69) is 34.7 Å². The molecule has 0 saturated carbocycles. The smallest absolute Gasteiger partial charge is 0.217 e. The van der Waals surface area contributed by atoms with Gasteiger partial charge in [0.15, 0.2) is 4.90 Å². The van der Waals surface area contributed by atoms with Crippen molar-refractivity contribution in [2.75, 3.05) is 12.0 Å². The maximum atomic E-state index is 10.0. The van der Waals surface area contributed by atoms with Gasteiger partial charge in [-0.25, -0.2) is 8.42 Å². The Balaban J connectivity index is 0.000000232. The van der Waals surface area contributed by atoms with E-state index in [0.717, 1.165) is 5.75 Å². The van der Waals surface area contributed by atoms with Crippen LogP contribution in [0, 0.1) is 0 Å². The van der Waals surface area contributed by atoms with Gasteiger partial charge in [-0.2, -0.15) is 0 Å². The van der Waals surface area contributed by atoms with Crippen LogP contribution in [0.2, 0.25) is 0 Å². The van der Waals surface area contributed by atoms with Gasteiger partial charge < -0.3 is 9.66 Å². The highest BCUT2D eigenvalue weighted by atomic mass is 32.3. The second-order valence-electron chi connectivity index (χ2n) is 6.27. The lowest BCUT2D eigenvalue weighted by Crippen LogP contribution is -2.03. The second kappa shape index (κ2) is 12.2. The van der Waals surface area contributed by atoms with Gasteiger partial charge >= 0.3 is 0 Å². The Hall–Kier alpha value is -2.58. The van der Waals surface area contributed by atoms with Gasteiger partial charge in [-0.1, -0.05) is 66.7 Å². The van der Waals surface area contributed by atoms with E-state index in [1.54, 1.807) is 42.5 Å². The fraction of sp³-hybridized carbons (Fsp3) is 0.130. The molecule has 0 heterocycles. The molecule has 7 heteroatoms. The SMILES string of the molecule is C[S+](C/C=C/c1ccccc1)c1ccc(O)cc1.O=S(=O)([O-])OCc1ccccc1. The minimum absolute atomic E-state index is 0.187. The zero-order chi connectivity index (χ0) is 21.8. The molecule has 0 aliphatic rings. The Kier molecular flexibility index (Phi) is 9.63. The van der Waals surface area contributed by atoms with Crippen LogP contribution >= 0.6 is 0 Å². The lowest BCUT2D eigenvalue weighted by molar-refractivity contribution is 0.253. The van der Waals surface area contributed by atoms with Crippen LogP contribution in [-0.4, -0.2) is 30.1 Å². The van der Waals surface area contributed by atoms with Gasteiger partial charge in [-0.05, 0) is 41.5 Å². The molecule has 30 heavy (non-hydrogen) atoms. The molecule has 0 radical (unpaired) electrons. The lowest BCUT2D eigenvalue weighted by Gasteiger charge is -2.06. The number of phenols is 1. The van der Waals surface area contributed by atoms with E-state index in [1.807, 2.05) is 30.3 Å². The molecule has 0 fully saturated rings. The summed E-state index contributed by atoms with van der Waals surface area (Å²) in [6, 6.07) is 26.4. The van der Waals surface area contributed by atoms with Gasteiger partial charge in [0.2, 0.25) is 10.4 Å². The summed E-state index contributed by atoms with van der Waals surface area (Å²) >= 11 is 0. The van der Waals surface area contributed by atoms with Gasteiger partial charge in [0, 0.05) is 10.9 Å². The molecule has 5 nitrogen and oxygen atoms in total. The summed E-state index contributed by atoms with van der Waals surface area (Å²) < 4.78 is 34.1. The van der Waals surface area contributed by atoms with E-state index >= 15 is 0 Å². The second-order valence-corrected chi connectivity index (χ2v) is 9.40. The van der Waals surface area contributed by atoms with Crippen molar-refractivity contribution in [1.29, 1.82) is 0 Å². The van der Waals surface area contributed by atoms with Crippen LogP contribution < -0.4 is 0 Å². The summed E-state index contributed by atoms with van der Waals surface area (Å²) in [7, 11) is -4.39. The molecule has 3 aromatic rings. The quantitative estimate of drug-likeness (QED) is 0.332. The van der Waals surface area contributed by atoms with Crippen molar-refractivity contribution in [1.82, 2.24) is 0 Å². The summed E-state index contributed by atoms with van der Waals surface area (Å²) in [6.45, 7) is -0.202. The third-order valence-corrected chi connectivity index (χ3v) is 6.08. The van der Waals surface area contributed by atoms with E-state index in [0.29, 0.717) is 11.3 Å². The molecule has 0 spiro atoms. The average molecular weight is 445 g/mol. The highest BCUT2D eigenvalue weighted by Crippen LogP contribution is 2.16. The summed E-state index contributed by atoms with van der Waals surface area (Å²) in [5.74, 6) is 1.36. The minimum Gasteiger partial charge on any atom is -0.726 e.